The number of benzene rings is 1. The van der Waals surface area contributed by atoms with E-state index >= 15 is 0 Å². The minimum Gasteiger partial charge on any atom is -0.334 e. The van der Waals surface area contributed by atoms with Gasteiger partial charge in [0.15, 0.2) is 0 Å². The van der Waals surface area contributed by atoms with E-state index in [1.165, 1.54) is 0 Å². The average Bonchev–Trinajstić information content (AvgIpc) is 2.25. The number of anilines is 2. The third-order valence-corrected chi connectivity index (χ3v) is 2.03. The van der Waals surface area contributed by atoms with Crippen molar-refractivity contribution in [1.29, 1.82) is 0 Å². The van der Waals surface area contributed by atoms with Gasteiger partial charge in [-0.25, -0.2) is 9.89 Å². The lowest BCUT2D eigenvalue weighted by Crippen LogP contribution is -2.25. The smallest absolute Gasteiger partial charge is 0.334 e. The summed E-state index contributed by atoms with van der Waals surface area (Å²) in [5.41, 5.74) is 0.674. The van der Waals surface area contributed by atoms with Crippen LogP contribution in [0, 0.1) is 6.92 Å². The van der Waals surface area contributed by atoms with Crippen molar-refractivity contribution in [3.05, 3.63) is 50.7 Å². The molecule has 16 heavy (non-hydrogen) atoms. The first-order valence-electron chi connectivity index (χ1n) is 4.68. The van der Waals surface area contributed by atoms with E-state index in [0.717, 1.165) is 11.3 Å². The highest BCUT2D eigenvalue weighted by Gasteiger charge is 2.01. The molecule has 82 valence electrons. The van der Waals surface area contributed by atoms with Gasteiger partial charge in [-0.05, 0) is 19.1 Å². The number of H-pyrrole nitrogens is 2. The summed E-state index contributed by atoms with van der Waals surface area (Å²) in [5.74, 6) is 0.0588. The summed E-state index contributed by atoms with van der Waals surface area (Å²) >= 11 is 0. The highest BCUT2D eigenvalue weighted by atomic mass is 16.2. The summed E-state index contributed by atoms with van der Waals surface area (Å²) < 4.78 is 0. The first-order chi connectivity index (χ1) is 7.65. The molecular weight excluding hydrogens is 208 g/mol. The van der Waals surface area contributed by atoms with Gasteiger partial charge >= 0.3 is 5.69 Å². The third kappa shape index (κ3) is 2.17. The number of aromatic nitrogens is 3. The van der Waals surface area contributed by atoms with Crippen LogP contribution in [0.15, 0.2) is 33.9 Å². The van der Waals surface area contributed by atoms with E-state index < -0.39 is 11.2 Å². The molecule has 1 heterocycles. The molecular formula is C10H10N4O2. The van der Waals surface area contributed by atoms with Crippen molar-refractivity contribution in [2.24, 2.45) is 0 Å². The molecule has 0 unspecified atom stereocenters. The van der Waals surface area contributed by atoms with Crippen molar-refractivity contribution in [1.82, 2.24) is 15.2 Å². The Balaban J connectivity index is 2.30. The Morgan fingerprint density at radius 3 is 2.50 bits per heavy atom. The average molecular weight is 218 g/mol. The van der Waals surface area contributed by atoms with Crippen LogP contribution in [0.4, 0.5) is 11.5 Å². The molecule has 0 fully saturated rings. The number of hydrogen-bond acceptors (Lipinski definition) is 4. The largest absolute Gasteiger partial charge is 0.342 e. The molecule has 6 heteroatoms. The molecule has 0 saturated carbocycles. The van der Waals surface area contributed by atoms with Crippen LogP contribution in [-0.2, 0) is 0 Å². The van der Waals surface area contributed by atoms with Crippen LogP contribution in [0.3, 0.4) is 0 Å². The quantitative estimate of drug-likeness (QED) is 0.685. The van der Waals surface area contributed by atoms with Gasteiger partial charge in [-0.3, -0.25) is 9.78 Å². The highest BCUT2D eigenvalue weighted by Crippen LogP contribution is 2.11. The van der Waals surface area contributed by atoms with Crippen molar-refractivity contribution in [3.63, 3.8) is 0 Å². The Bertz CT molecular complexity index is 597. The van der Waals surface area contributed by atoms with Gasteiger partial charge in [-0.1, -0.05) is 17.7 Å². The predicted molar refractivity (Wildman–Crippen MR) is 59.9 cm³/mol. The van der Waals surface area contributed by atoms with Gasteiger partial charge in [0, 0.05) is 5.69 Å². The SMILES string of the molecule is Cc1ccc(Nc2n[nH]c(=O)[nH]c2=O)cc1. The van der Waals surface area contributed by atoms with Gasteiger partial charge in [0.05, 0.1) is 0 Å². The molecule has 0 radical (unpaired) electrons. The van der Waals surface area contributed by atoms with Crippen LogP contribution in [-0.4, -0.2) is 15.2 Å². The van der Waals surface area contributed by atoms with Crippen LogP contribution in [0.1, 0.15) is 5.56 Å². The fraction of sp³-hybridized carbons (Fsp3) is 0.100. The fourth-order valence-corrected chi connectivity index (χ4v) is 1.21. The molecule has 0 spiro atoms. The Labute approximate surface area is 90.4 Å². The zero-order chi connectivity index (χ0) is 11.5. The lowest BCUT2D eigenvalue weighted by molar-refractivity contribution is 0.897. The summed E-state index contributed by atoms with van der Waals surface area (Å²) in [6.07, 6.45) is 0. The summed E-state index contributed by atoms with van der Waals surface area (Å²) in [5, 5.41) is 8.55. The monoisotopic (exact) mass is 218 g/mol. The van der Waals surface area contributed by atoms with Gasteiger partial charge in [0.25, 0.3) is 5.56 Å². The van der Waals surface area contributed by atoms with E-state index in [1.807, 2.05) is 31.2 Å². The summed E-state index contributed by atoms with van der Waals surface area (Å²) in [6.45, 7) is 1.97. The molecule has 1 aromatic carbocycles. The maximum absolute atomic E-state index is 11.3. The lowest BCUT2D eigenvalue weighted by Gasteiger charge is -2.03. The van der Waals surface area contributed by atoms with E-state index in [9.17, 15) is 9.59 Å². The first kappa shape index (κ1) is 10.2. The maximum Gasteiger partial charge on any atom is 0.342 e. The Morgan fingerprint density at radius 2 is 1.88 bits per heavy atom. The Hall–Kier alpha value is -2.37. The Kier molecular flexibility index (Phi) is 2.55. The third-order valence-electron chi connectivity index (χ3n) is 2.03. The zero-order valence-electron chi connectivity index (χ0n) is 8.57. The van der Waals surface area contributed by atoms with E-state index in [0.29, 0.717) is 0 Å². The van der Waals surface area contributed by atoms with Gasteiger partial charge < -0.3 is 5.32 Å². The zero-order valence-corrected chi connectivity index (χ0v) is 8.57. The molecule has 0 aliphatic rings. The van der Waals surface area contributed by atoms with Gasteiger partial charge in [0.2, 0.25) is 5.82 Å². The summed E-state index contributed by atoms with van der Waals surface area (Å²) in [4.78, 5) is 24.1. The summed E-state index contributed by atoms with van der Waals surface area (Å²) in [7, 11) is 0. The topological polar surface area (TPSA) is 90.6 Å². The number of nitrogens with one attached hydrogen (secondary N) is 3. The van der Waals surface area contributed by atoms with Crippen LogP contribution in [0.5, 0.6) is 0 Å². The molecule has 3 N–H and O–H groups in total. The van der Waals surface area contributed by atoms with Gasteiger partial charge in [-0.15, -0.1) is 5.10 Å². The molecule has 0 bridgehead atoms. The molecule has 2 aromatic rings. The van der Waals surface area contributed by atoms with Gasteiger partial charge in [-0.2, -0.15) is 0 Å². The minimum absolute atomic E-state index is 0.0588. The van der Waals surface area contributed by atoms with Crippen LogP contribution in [0.25, 0.3) is 0 Å². The molecule has 0 aliphatic heterocycles. The number of aromatic amines is 2. The molecule has 2 rings (SSSR count). The van der Waals surface area contributed by atoms with E-state index in [-0.39, 0.29) is 5.82 Å². The second-order valence-corrected chi connectivity index (χ2v) is 3.35. The van der Waals surface area contributed by atoms with E-state index in [1.54, 1.807) is 0 Å². The van der Waals surface area contributed by atoms with E-state index in [4.69, 9.17) is 0 Å². The molecule has 0 amide bonds. The first-order valence-corrected chi connectivity index (χ1v) is 4.68. The maximum atomic E-state index is 11.3. The Morgan fingerprint density at radius 1 is 1.19 bits per heavy atom. The van der Waals surface area contributed by atoms with Gasteiger partial charge in [0.1, 0.15) is 0 Å². The van der Waals surface area contributed by atoms with Crippen molar-refractivity contribution in [2.45, 2.75) is 6.92 Å². The fourth-order valence-electron chi connectivity index (χ4n) is 1.21. The highest BCUT2D eigenvalue weighted by molar-refractivity contribution is 5.54. The number of hydrogen-bond donors (Lipinski definition) is 3. The molecule has 0 aliphatic carbocycles. The molecule has 1 aromatic heterocycles. The number of aryl methyl sites for hydroxylation is 1. The molecule has 0 saturated heterocycles. The van der Waals surface area contributed by atoms with Crippen molar-refractivity contribution < 1.29 is 0 Å². The predicted octanol–water partition coefficient (Wildman–Crippen LogP) is 0.510. The van der Waals surface area contributed by atoms with Crippen molar-refractivity contribution in [3.8, 4) is 0 Å². The van der Waals surface area contributed by atoms with Crippen molar-refractivity contribution >= 4 is 11.5 Å². The second kappa shape index (κ2) is 4.01. The molecule has 6 nitrogen and oxygen atoms in total. The van der Waals surface area contributed by atoms with Crippen LogP contribution in [0.2, 0.25) is 0 Å². The standard InChI is InChI=1S/C10H10N4O2/c1-6-2-4-7(5-3-6)11-8-9(15)12-10(16)14-13-8/h2-5H,1H3,(H,11,13)(H2,12,14,15,16). The number of rotatable bonds is 2. The molecule has 0 atom stereocenters. The van der Waals surface area contributed by atoms with Crippen molar-refractivity contribution in [2.75, 3.05) is 5.32 Å². The number of nitrogens with zero attached hydrogens (tertiary/aromatic N) is 1. The normalized spacial score (nSPS) is 10.1. The summed E-state index contributed by atoms with van der Waals surface area (Å²) in [6, 6.07) is 7.45. The van der Waals surface area contributed by atoms with E-state index in [2.05, 4.69) is 20.5 Å². The minimum atomic E-state index is -0.626. The van der Waals surface area contributed by atoms with Crippen LogP contribution >= 0.6 is 0 Å². The van der Waals surface area contributed by atoms with Crippen LogP contribution < -0.4 is 16.6 Å². The second-order valence-electron chi connectivity index (χ2n) is 3.35. The lowest BCUT2D eigenvalue weighted by atomic mass is 10.2.